The van der Waals surface area contributed by atoms with Crippen molar-refractivity contribution < 1.29 is 18.5 Å². The summed E-state index contributed by atoms with van der Waals surface area (Å²) in [5.74, 6) is 1.94. The lowest BCUT2D eigenvalue weighted by Gasteiger charge is -2.16. The number of rotatable bonds is 2. The Balaban J connectivity index is 0.000001000. The first kappa shape index (κ1) is 21.9. The molecule has 1 aliphatic rings. The Hall–Kier alpha value is -3.40. The molecule has 0 atom stereocenters. The van der Waals surface area contributed by atoms with Gasteiger partial charge in [-0.2, -0.15) is 0 Å². The van der Waals surface area contributed by atoms with Crippen LogP contribution < -0.4 is 4.70 Å². The molecule has 3 aromatic carbocycles. The second-order valence-corrected chi connectivity index (χ2v) is 6.72. The molecule has 0 N–H and O–H groups in total. The maximum atomic E-state index is 6.47. The van der Waals surface area contributed by atoms with E-state index in [2.05, 4.69) is 84.9 Å². The van der Waals surface area contributed by atoms with E-state index in [-0.39, 0.29) is 14.1 Å². The van der Waals surface area contributed by atoms with Crippen molar-refractivity contribution in [2.24, 2.45) is 0 Å². The summed E-state index contributed by atoms with van der Waals surface area (Å²) in [6.07, 6.45) is 2.07. The van der Waals surface area contributed by atoms with Crippen LogP contribution in [0.25, 0.3) is 33.8 Å². The molecular weight excluding hydrogens is 373 g/mol. The van der Waals surface area contributed by atoms with E-state index in [0.29, 0.717) is 0 Å². The van der Waals surface area contributed by atoms with Crippen LogP contribution in [0.4, 0.5) is 9.41 Å². The molecule has 1 aromatic heterocycles. The highest BCUT2D eigenvalue weighted by Crippen LogP contribution is 2.41. The quantitative estimate of drug-likeness (QED) is 0.469. The normalized spacial score (nSPS) is 11.0. The van der Waals surface area contributed by atoms with Crippen molar-refractivity contribution in [3.05, 3.63) is 102 Å². The van der Waals surface area contributed by atoms with Crippen molar-refractivity contribution in [3.63, 3.8) is 0 Å². The van der Waals surface area contributed by atoms with Crippen LogP contribution >= 0.6 is 0 Å². The topological polar surface area (TPSA) is 11.3 Å². The van der Waals surface area contributed by atoms with Gasteiger partial charge in [-0.25, -0.2) is 4.42 Å². The van der Waals surface area contributed by atoms with Gasteiger partial charge in [-0.1, -0.05) is 66.7 Å². The Morgan fingerprint density at radius 3 is 1.86 bits per heavy atom. The maximum absolute atomic E-state index is 6.47. The number of fused-ring (bicyclic) bond motifs is 3. The average Bonchev–Trinajstić information content (AvgIpc) is 2.74. The van der Waals surface area contributed by atoms with Crippen molar-refractivity contribution in [2.75, 3.05) is 0 Å². The molecule has 4 aromatic rings. The number of halogens is 3. The van der Waals surface area contributed by atoms with E-state index in [0.717, 1.165) is 29.9 Å². The predicted octanol–water partition coefficient (Wildman–Crippen LogP) is 3.97. The van der Waals surface area contributed by atoms with E-state index >= 15 is 0 Å². The summed E-state index contributed by atoms with van der Waals surface area (Å²) < 4.78 is 6.47. The minimum atomic E-state index is 0. The molecule has 0 amide bonds. The molecule has 0 saturated heterocycles. The van der Waals surface area contributed by atoms with Gasteiger partial charge in [0.2, 0.25) is 0 Å². The zero-order valence-electron chi connectivity index (χ0n) is 15.7. The van der Waals surface area contributed by atoms with Crippen LogP contribution in [0.5, 0.6) is 0 Å². The highest BCUT2D eigenvalue weighted by Gasteiger charge is 2.31. The first-order valence-electron chi connectivity index (χ1n) is 9.09. The molecule has 0 saturated carbocycles. The molecule has 4 heteroatoms. The molecule has 0 bridgehead atoms. The van der Waals surface area contributed by atoms with Crippen molar-refractivity contribution in [1.82, 2.24) is 0 Å². The summed E-state index contributed by atoms with van der Waals surface area (Å²) in [6, 6.07) is 31.8. The van der Waals surface area contributed by atoms with Gasteiger partial charge >= 0.3 is 11.5 Å². The first-order valence-corrected chi connectivity index (χ1v) is 9.09. The van der Waals surface area contributed by atoms with Crippen molar-refractivity contribution >= 4 is 0 Å². The van der Waals surface area contributed by atoms with Crippen molar-refractivity contribution in [3.8, 4) is 33.8 Å². The largest absolute Gasteiger partial charge is 1.00 e. The van der Waals surface area contributed by atoms with Crippen LogP contribution in [-0.4, -0.2) is 0 Å². The van der Waals surface area contributed by atoms with Gasteiger partial charge in [0, 0.05) is 5.56 Å². The van der Waals surface area contributed by atoms with E-state index in [1.54, 1.807) is 0 Å². The van der Waals surface area contributed by atoms with Gasteiger partial charge in [0.25, 0.3) is 0 Å². The lowest BCUT2D eigenvalue weighted by molar-refractivity contribution is -0.00000725. The SMILES string of the molecule is F.F.[F-].c1ccc(-c2cc(-c3ccccc3)c3c([o+]2)-c2ccccc2CC3)cc1. The molecule has 1 nitrogen and oxygen atoms in total. The van der Waals surface area contributed by atoms with Crippen LogP contribution in [0.2, 0.25) is 0 Å². The van der Waals surface area contributed by atoms with Gasteiger partial charge in [-0.15, -0.1) is 0 Å². The van der Waals surface area contributed by atoms with E-state index in [4.69, 9.17) is 4.42 Å². The van der Waals surface area contributed by atoms with E-state index in [1.165, 1.54) is 27.8 Å². The second kappa shape index (κ2) is 9.20. The lowest BCUT2D eigenvalue weighted by Crippen LogP contribution is -3.00. The Labute approximate surface area is 167 Å². The van der Waals surface area contributed by atoms with E-state index < -0.39 is 0 Å². The highest BCUT2D eigenvalue weighted by atomic mass is 19.0. The number of hydrogen-bond acceptors (Lipinski definition) is 0. The summed E-state index contributed by atoms with van der Waals surface area (Å²) in [5, 5.41) is 0. The zero-order chi connectivity index (χ0) is 17.3. The third-order valence-electron chi connectivity index (χ3n) is 5.14. The zero-order valence-corrected chi connectivity index (χ0v) is 15.7. The fraction of sp³-hybridized carbons (Fsp3) is 0.0800. The number of hydrogen-bond donors (Lipinski definition) is 0. The third-order valence-corrected chi connectivity index (χ3v) is 5.14. The summed E-state index contributed by atoms with van der Waals surface area (Å²) >= 11 is 0. The summed E-state index contributed by atoms with van der Waals surface area (Å²) in [4.78, 5) is 0. The average molecular weight is 394 g/mol. The third kappa shape index (κ3) is 3.92. The summed E-state index contributed by atoms with van der Waals surface area (Å²) in [5.41, 5.74) is 7.54. The molecule has 0 spiro atoms. The van der Waals surface area contributed by atoms with Crippen LogP contribution in [0, 0.1) is 0 Å². The van der Waals surface area contributed by atoms with E-state index in [1.807, 2.05) is 6.07 Å². The molecular formula is C25H21F3O. The van der Waals surface area contributed by atoms with Gasteiger partial charge in [-0.05, 0) is 42.2 Å². The van der Waals surface area contributed by atoms with Crippen LogP contribution in [0.15, 0.2) is 95.4 Å². The van der Waals surface area contributed by atoms with Gasteiger partial charge in [-0.3, -0.25) is 9.41 Å². The van der Waals surface area contributed by atoms with Crippen LogP contribution in [0.1, 0.15) is 11.1 Å². The molecule has 0 fully saturated rings. The van der Waals surface area contributed by atoms with Crippen molar-refractivity contribution in [2.45, 2.75) is 12.8 Å². The summed E-state index contributed by atoms with van der Waals surface area (Å²) in [6.45, 7) is 0. The molecule has 148 valence electrons. The molecule has 1 aliphatic carbocycles. The maximum Gasteiger partial charge on any atom is 0.364 e. The Morgan fingerprint density at radius 2 is 1.17 bits per heavy atom. The fourth-order valence-corrected chi connectivity index (χ4v) is 3.85. The minimum absolute atomic E-state index is 0. The Kier molecular flexibility index (Phi) is 6.94. The number of aryl methyl sites for hydroxylation is 1. The molecule has 0 unspecified atom stereocenters. The monoisotopic (exact) mass is 394 g/mol. The Morgan fingerprint density at radius 1 is 0.586 bits per heavy atom. The van der Waals surface area contributed by atoms with Gasteiger partial charge in [0.1, 0.15) is 0 Å². The summed E-state index contributed by atoms with van der Waals surface area (Å²) in [7, 11) is 0. The van der Waals surface area contributed by atoms with Crippen LogP contribution in [0.3, 0.4) is 0 Å². The van der Waals surface area contributed by atoms with Crippen LogP contribution in [-0.2, 0) is 12.8 Å². The van der Waals surface area contributed by atoms with Gasteiger partial charge in [0.15, 0.2) is 0 Å². The molecule has 5 rings (SSSR count). The lowest BCUT2D eigenvalue weighted by atomic mass is 9.85. The van der Waals surface area contributed by atoms with Gasteiger partial charge < -0.3 is 4.70 Å². The first-order chi connectivity index (χ1) is 12.9. The smallest absolute Gasteiger partial charge is 0.364 e. The highest BCUT2D eigenvalue weighted by molar-refractivity contribution is 5.81. The number of benzene rings is 3. The molecule has 0 radical (unpaired) electrons. The van der Waals surface area contributed by atoms with Gasteiger partial charge in [0.05, 0.1) is 22.8 Å². The predicted molar refractivity (Wildman–Crippen MR) is 112 cm³/mol. The second-order valence-electron chi connectivity index (χ2n) is 6.72. The molecule has 1 heterocycles. The van der Waals surface area contributed by atoms with E-state index in [9.17, 15) is 0 Å². The van der Waals surface area contributed by atoms with Crippen molar-refractivity contribution in [1.29, 1.82) is 0 Å². The molecule has 29 heavy (non-hydrogen) atoms. The minimum Gasteiger partial charge on any atom is -1.00 e. The fourth-order valence-electron chi connectivity index (χ4n) is 3.85. The Bertz CT molecular complexity index is 1060. The standard InChI is InChI=1S/C25H19O.3FH/c1-3-9-18(10-4-1)23-17-24(20-12-5-2-6-13-20)26-25-21-14-8-7-11-19(21)15-16-22(23)25;;;/h1-14,17H,15-16H2;3*1H/q+1;;;/p-1. The molecule has 0 aliphatic heterocycles.